The molecule has 2 amide bonds. The third kappa shape index (κ3) is 6.00. The monoisotopic (exact) mass is 528 g/mol. The molecule has 1 aliphatic heterocycles. The van der Waals surface area contributed by atoms with Crippen LogP contribution in [-0.4, -0.2) is 56.8 Å². The van der Waals surface area contributed by atoms with E-state index in [1.807, 2.05) is 59.5 Å². The highest BCUT2D eigenvalue weighted by Gasteiger charge is 2.26. The standard InChI is InChI=1S/C26H30N4O4S2.H2/c1-19-25(36(33,34)27-2)35-26(28-19)30(17-7-16-29-15-6-10-23(29)31)24(32)18-20-11-13-22(14-12-20)21-8-4-3-5-9-21;/h3-5,8-9,11-14,27H,6-7,10,15-18H2,1-2H3;1H. The van der Waals surface area contributed by atoms with Crippen molar-refractivity contribution in [3.8, 4) is 11.1 Å². The Balaban J connectivity index is 0.00000380. The van der Waals surface area contributed by atoms with E-state index in [0.717, 1.165) is 41.0 Å². The molecule has 1 aliphatic rings. The molecule has 1 N–H and O–H groups in total. The lowest BCUT2D eigenvalue weighted by molar-refractivity contribution is -0.127. The minimum atomic E-state index is -3.68. The van der Waals surface area contributed by atoms with Crippen LogP contribution in [-0.2, 0) is 26.0 Å². The van der Waals surface area contributed by atoms with E-state index < -0.39 is 10.0 Å². The van der Waals surface area contributed by atoms with Crippen LogP contribution in [0.4, 0.5) is 5.13 Å². The van der Waals surface area contributed by atoms with Gasteiger partial charge in [-0.25, -0.2) is 18.1 Å². The van der Waals surface area contributed by atoms with Crippen molar-refractivity contribution in [2.24, 2.45) is 0 Å². The highest BCUT2D eigenvalue weighted by atomic mass is 32.2. The fraction of sp³-hybridized carbons (Fsp3) is 0.346. The van der Waals surface area contributed by atoms with Gasteiger partial charge in [0, 0.05) is 27.5 Å². The lowest BCUT2D eigenvalue weighted by Crippen LogP contribution is -2.35. The predicted molar refractivity (Wildman–Crippen MR) is 144 cm³/mol. The van der Waals surface area contributed by atoms with Gasteiger partial charge in [0.05, 0.1) is 12.1 Å². The smallest absolute Gasteiger partial charge is 0.251 e. The van der Waals surface area contributed by atoms with Crippen molar-refractivity contribution in [1.29, 1.82) is 0 Å². The van der Waals surface area contributed by atoms with E-state index in [-0.39, 0.29) is 23.9 Å². The summed E-state index contributed by atoms with van der Waals surface area (Å²) in [4.78, 5) is 33.2. The van der Waals surface area contributed by atoms with Gasteiger partial charge in [0.25, 0.3) is 10.0 Å². The molecule has 0 spiro atoms. The Labute approximate surface area is 217 Å². The summed E-state index contributed by atoms with van der Waals surface area (Å²) in [6, 6.07) is 17.9. The molecule has 0 unspecified atom stereocenters. The number of nitrogens with zero attached hydrogens (tertiary/aromatic N) is 3. The highest BCUT2D eigenvalue weighted by molar-refractivity contribution is 7.91. The summed E-state index contributed by atoms with van der Waals surface area (Å²) in [5.41, 5.74) is 3.38. The van der Waals surface area contributed by atoms with Crippen molar-refractivity contribution >= 4 is 38.3 Å². The van der Waals surface area contributed by atoms with Gasteiger partial charge in [0.15, 0.2) is 9.34 Å². The minimum Gasteiger partial charge on any atom is -0.343 e. The summed E-state index contributed by atoms with van der Waals surface area (Å²) in [5, 5.41) is 0.347. The average Bonchev–Trinajstić information content (AvgIpc) is 3.48. The van der Waals surface area contributed by atoms with Gasteiger partial charge in [-0.1, -0.05) is 65.9 Å². The molecule has 4 rings (SSSR count). The molecule has 2 heterocycles. The molecule has 192 valence electrons. The van der Waals surface area contributed by atoms with E-state index in [0.29, 0.717) is 36.8 Å². The highest BCUT2D eigenvalue weighted by Crippen LogP contribution is 2.30. The number of benzene rings is 2. The summed E-state index contributed by atoms with van der Waals surface area (Å²) in [7, 11) is -2.33. The number of nitrogens with one attached hydrogen (secondary N) is 1. The first-order chi connectivity index (χ1) is 17.3. The molecule has 3 aromatic rings. The number of thiazole rings is 1. The van der Waals surface area contributed by atoms with E-state index in [4.69, 9.17) is 0 Å². The first kappa shape index (κ1) is 26.0. The lowest BCUT2D eigenvalue weighted by atomic mass is 10.0. The maximum Gasteiger partial charge on any atom is 0.251 e. The number of carbonyl (C=O) groups excluding carboxylic acids is 2. The number of rotatable bonds is 10. The summed E-state index contributed by atoms with van der Waals surface area (Å²) < 4.78 is 27.2. The maximum absolute atomic E-state index is 13.4. The van der Waals surface area contributed by atoms with Crippen molar-refractivity contribution in [1.82, 2.24) is 14.6 Å². The Bertz CT molecular complexity index is 1330. The van der Waals surface area contributed by atoms with Crippen LogP contribution in [0.2, 0.25) is 0 Å². The van der Waals surface area contributed by atoms with Gasteiger partial charge in [-0.05, 0) is 43.5 Å². The van der Waals surface area contributed by atoms with Crippen molar-refractivity contribution in [2.75, 3.05) is 31.6 Å². The number of carbonyl (C=O) groups is 2. The second kappa shape index (κ2) is 11.3. The zero-order chi connectivity index (χ0) is 25.7. The van der Waals surface area contributed by atoms with Crippen molar-refractivity contribution in [3.63, 3.8) is 0 Å². The molecule has 0 atom stereocenters. The number of hydrogen-bond acceptors (Lipinski definition) is 6. The second-order valence-corrected chi connectivity index (χ2v) is 11.8. The molecule has 1 saturated heterocycles. The van der Waals surface area contributed by atoms with Crippen molar-refractivity contribution in [3.05, 3.63) is 65.9 Å². The van der Waals surface area contributed by atoms with Crippen LogP contribution in [0, 0.1) is 6.92 Å². The number of aromatic nitrogens is 1. The number of hydrogen-bond donors (Lipinski definition) is 1. The van der Waals surface area contributed by atoms with Crippen LogP contribution in [0.25, 0.3) is 11.1 Å². The zero-order valence-corrected chi connectivity index (χ0v) is 22.1. The van der Waals surface area contributed by atoms with Gasteiger partial charge < -0.3 is 4.90 Å². The second-order valence-electron chi connectivity index (χ2n) is 8.70. The quantitative estimate of drug-likeness (QED) is 0.431. The van der Waals surface area contributed by atoms with Crippen LogP contribution in [0.15, 0.2) is 58.8 Å². The molecule has 2 aromatic carbocycles. The van der Waals surface area contributed by atoms with Gasteiger partial charge >= 0.3 is 0 Å². The summed E-state index contributed by atoms with van der Waals surface area (Å²) in [5.74, 6) is -0.0313. The van der Waals surface area contributed by atoms with E-state index in [2.05, 4.69) is 9.71 Å². The van der Waals surface area contributed by atoms with Crippen LogP contribution >= 0.6 is 11.3 Å². The van der Waals surface area contributed by atoms with Gasteiger partial charge in [0.1, 0.15) is 0 Å². The first-order valence-corrected chi connectivity index (χ1v) is 14.2. The maximum atomic E-state index is 13.4. The summed E-state index contributed by atoms with van der Waals surface area (Å²) >= 11 is 0.984. The van der Waals surface area contributed by atoms with Gasteiger partial charge in [-0.3, -0.25) is 14.5 Å². The molecule has 0 saturated carbocycles. The topological polar surface area (TPSA) is 99.7 Å². The third-order valence-corrected chi connectivity index (χ3v) is 9.39. The van der Waals surface area contributed by atoms with Crippen molar-refractivity contribution in [2.45, 2.75) is 36.8 Å². The normalized spacial score (nSPS) is 13.8. The Hall–Kier alpha value is -3.08. The van der Waals surface area contributed by atoms with Crippen molar-refractivity contribution < 1.29 is 19.4 Å². The lowest BCUT2D eigenvalue weighted by Gasteiger charge is -2.22. The van der Waals surface area contributed by atoms with Crippen LogP contribution in [0.5, 0.6) is 0 Å². The molecule has 0 aliphatic carbocycles. The molecule has 8 nitrogen and oxygen atoms in total. The minimum absolute atomic E-state index is 0. The molecule has 0 bridgehead atoms. The Morgan fingerprint density at radius 2 is 1.83 bits per heavy atom. The van der Waals surface area contributed by atoms with Gasteiger partial charge in [0.2, 0.25) is 11.8 Å². The van der Waals surface area contributed by atoms with Gasteiger partial charge in [-0.2, -0.15) is 0 Å². The Morgan fingerprint density at radius 3 is 2.47 bits per heavy atom. The third-order valence-electron chi connectivity index (χ3n) is 6.19. The number of sulfonamides is 1. The van der Waals surface area contributed by atoms with Crippen LogP contribution in [0.1, 0.15) is 31.9 Å². The van der Waals surface area contributed by atoms with E-state index in [9.17, 15) is 18.0 Å². The largest absolute Gasteiger partial charge is 0.343 e. The summed E-state index contributed by atoms with van der Waals surface area (Å²) in [6.45, 7) is 3.26. The zero-order valence-electron chi connectivity index (χ0n) is 20.4. The number of likely N-dealkylation sites (tertiary alicyclic amines) is 1. The molecule has 10 heteroatoms. The Kier molecular flexibility index (Phi) is 8.17. The molecule has 1 aromatic heterocycles. The fourth-order valence-corrected chi connectivity index (χ4v) is 6.61. The molecule has 36 heavy (non-hydrogen) atoms. The molecule has 0 radical (unpaired) electrons. The molecule has 1 fully saturated rings. The Morgan fingerprint density at radius 1 is 1.14 bits per heavy atom. The molecular weight excluding hydrogens is 496 g/mol. The van der Waals surface area contributed by atoms with Crippen LogP contribution < -0.4 is 9.62 Å². The molecular formula is C26H32N4O4S2. The number of anilines is 1. The number of amides is 2. The van der Waals surface area contributed by atoms with E-state index in [1.54, 1.807) is 11.8 Å². The number of aryl methyl sites for hydroxylation is 1. The van der Waals surface area contributed by atoms with E-state index >= 15 is 0 Å². The fourth-order valence-electron chi connectivity index (χ4n) is 4.23. The SMILES string of the molecule is CNS(=O)(=O)c1sc(N(CCCN2CCCC2=O)C(=O)Cc2ccc(-c3ccccc3)cc2)nc1C.[HH]. The van der Waals surface area contributed by atoms with Crippen LogP contribution in [0.3, 0.4) is 0 Å². The average molecular weight is 529 g/mol. The first-order valence-electron chi connectivity index (χ1n) is 11.9. The van der Waals surface area contributed by atoms with Gasteiger partial charge in [-0.15, -0.1) is 0 Å². The summed E-state index contributed by atoms with van der Waals surface area (Å²) in [6.07, 6.45) is 2.16. The predicted octanol–water partition coefficient (Wildman–Crippen LogP) is 3.86. The van der Waals surface area contributed by atoms with E-state index in [1.165, 1.54) is 7.05 Å².